The fourth-order valence-corrected chi connectivity index (χ4v) is 3.71. The summed E-state index contributed by atoms with van der Waals surface area (Å²) in [5, 5.41) is 12.4. The van der Waals surface area contributed by atoms with Gasteiger partial charge in [-0.05, 0) is 25.0 Å². The number of halogens is 1. The van der Waals surface area contributed by atoms with Crippen molar-refractivity contribution < 1.29 is 17.9 Å². The van der Waals surface area contributed by atoms with Crippen LogP contribution in [0.1, 0.15) is 12.8 Å². The molecule has 0 radical (unpaired) electrons. The van der Waals surface area contributed by atoms with Crippen molar-refractivity contribution in [2.75, 3.05) is 23.4 Å². The SMILES string of the molecule is O=S1(=O)CCC(CO)(Nc2ccccc2F)CC1. The molecular formula is C12H16FNO3S. The van der Waals surface area contributed by atoms with Gasteiger partial charge in [0.2, 0.25) is 0 Å². The van der Waals surface area contributed by atoms with Crippen molar-refractivity contribution in [2.45, 2.75) is 18.4 Å². The maximum atomic E-state index is 13.5. The van der Waals surface area contributed by atoms with E-state index >= 15 is 0 Å². The van der Waals surface area contributed by atoms with Crippen molar-refractivity contribution in [1.82, 2.24) is 0 Å². The van der Waals surface area contributed by atoms with Crippen LogP contribution in [0, 0.1) is 5.82 Å². The van der Waals surface area contributed by atoms with Gasteiger partial charge in [0.25, 0.3) is 0 Å². The minimum absolute atomic E-state index is 0.0228. The van der Waals surface area contributed by atoms with Gasteiger partial charge in [0.1, 0.15) is 5.82 Å². The van der Waals surface area contributed by atoms with Gasteiger partial charge in [-0.1, -0.05) is 12.1 Å². The lowest BCUT2D eigenvalue weighted by atomic mass is 9.93. The second-order valence-electron chi connectivity index (χ2n) is 4.70. The third-order valence-corrected chi connectivity index (χ3v) is 5.01. The predicted octanol–water partition coefficient (Wildman–Crippen LogP) is 1.18. The zero-order valence-corrected chi connectivity index (χ0v) is 10.7. The van der Waals surface area contributed by atoms with E-state index in [1.54, 1.807) is 18.2 Å². The van der Waals surface area contributed by atoms with Gasteiger partial charge in [0.05, 0.1) is 29.3 Å². The molecule has 0 unspecified atom stereocenters. The van der Waals surface area contributed by atoms with Gasteiger partial charge in [-0.3, -0.25) is 0 Å². The molecule has 1 saturated heterocycles. The van der Waals surface area contributed by atoms with Crippen LogP contribution in [0.15, 0.2) is 24.3 Å². The van der Waals surface area contributed by atoms with Crippen LogP contribution in [0.4, 0.5) is 10.1 Å². The molecule has 0 aromatic heterocycles. The fourth-order valence-electron chi connectivity index (χ4n) is 2.10. The number of hydrogen-bond acceptors (Lipinski definition) is 4. The molecule has 1 heterocycles. The highest BCUT2D eigenvalue weighted by Gasteiger charge is 2.37. The topological polar surface area (TPSA) is 66.4 Å². The van der Waals surface area contributed by atoms with Crippen molar-refractivity contribution in [3.63, 3.8) is 0 Å². The van der Waals surface area contributed by atoms with E-state index in [1.165, 1.54) is 6.07 Å². The second-order valence-corrected chi connectivity index (χ2v) is 7.00. The summed E-state index contributed by atoms with van der Waals surface area (Å²) in [6.45, 7) is -0.211. The number of rotatable bonds is 3. The molecule has 2 rings (SSSR count). The molecule has 2 N–H and O–H groups in total. The van der Waals surface area contributed by atoms with E-state index in [2.05, 4.69) is 5.32 Å². The summed E-state index contributed by atoms with van der Waals surface area (Å²) in [4.78, 5) is 0. The zero-order valence-electron chi connectivity index (χ0n) is 9.89. The van der Waals surface area contributed by atoms with Crippen LogP contribution in [-0.4, -0.2) is 37.2 Å². The third kappa shape index (κ3) is 2.81. The standard InChI is InChI=1S/C12H16FNO3S/c13-10-3-1-2-4-11(10)14-12(9-15)5-7-18(16,17)8-6-12/h1-4,14-15H,5-9H2. The van der Waals surface area contributed by atoms with Crippen molar-refractivity contribution in [3.8, 4) is 0 Å². The first-order chi connectivity index (χ1) is 8.46. The lowest BCUT2D eigenvalue weighted by Gasteiger charge is -2.37. The molecule has 0 spiro atoms. The van der Waals surface area contributed by atoms with Crippen LogP contribution in [0.25, 0.3) is 0 Å². The Balaban J connectivity index is 2.18. The molecule has 1 aromatic carbocycles. The molecule has 0 saturated carbocycles. The van der Waals surface area contributed by atoms with Crippen LogP contribution in [0.5, 0.6) is 0 Å². The Labute approximate surface area is 106 Å². The smallest absolute Gasteiger partial charge is 0.150 e. The zero-order chi connectivity index (χ0) is 13.2. The average molecular weight is 273 g/mol. The number of aliphatic hydroxyl groups excluding tert-OH is 1. The molecule has 6 heteroatoms. The van der Waals surface area contributed by atoms with Gasteiger partial charge in [0, 0.05) is 0 Å². The second kappa shape index (κ2) is 4.85. The van der Waals surface area contributed by atoms with Crippen molar-refractivity contribution in [1.29, 1.82) is 0 Å². The molecule has 1 aromatic rings. The quantitative estimate of drug-likeness (QED) is 0.868. The molecule has 0 aliphatic carbocycles. The molecule has 100 valence electrons. The number of benzene rings is 1. The molecule has 0 bridgehead atoms. The van der Waals surface area contributed by atoms with Crippen LogP contribution in [0.2, 0.25) is 0 Å². The molecule has 1 aliphatic rings. The highest BCUT2D eigenvalue weighted by atomic mass is 32.2. The number of aliphatic hydroxyl groups is 1. The Morgan fingerprint density at radius 3 is 2.44 bits per heavy atom. The normalized spacial score (nSPS) is 21.4. The Hall–Kier alpha value is -1.14. The molecule has 0 amide bonds. The average Bonchev–Trinajstić information content (AvgIpc) is 2.35. The Morgan fingerprint density at radius 2 is 1.89 bits per heavy atom. The number of para-hydroxylation sites is 1. The summed E-state index contributed by atoms with van der Waals surface area (Å²) < 4.78 is 36.3. The Kier molecular flexibility index (Phi) is 3.59. The van der Waals surface area contributed by atoms with Crippen LogP contribution in [0.3, 0.4) is 0 Å². The maximum absolute atomic E-state index is 13.5. The third-order valence-electron chi connectivity index (χ3n) is 3.36. The van der Waals surface area contributed by atoms with Crippen LogP contribution < -0.4 is 5.32 Å². The maximum Gasteiger partial charge on any atom is 0.150 e. The Morgan fingerprint density at radius 1 is 1.28 bits per heavy atom. The fraction of sp³-hybridized carbons (Fsp3) is 0.500. The van der Waals surface area contributed by atoms with E-state index in [-0.39, 0.29) is 18.1 Å². The lowest BCUT2D eigenvalue weighted by Crippen LogP contribution is -2.48. The van der Waals surface area contributed by atoms with Gasteiger partial charge in [0.15, 0.2) is 9.84 Å². The van der Waals surface area contributed by atoms with E-state index in [1.807, 2.05) is 0 Å². The molecule has 18 heavy (non-hydrogen) atoms. The first-order valence-electron chi connectivity index (χ1n) is 5.80. The summed E-state index contributed by atoms with van der Waals surface area (Å²) in [6, 6.07) is 6.18. The number of nitrogens with one attached hydrogen (secondary N) is 1. The molecule has 1 fully saturated rings. The largest absolute Gasteiger partial charge is 0.394 e. The Bertz CT molecular complexity index is 516. The first kappa shape index (κ1) is 13.3. The number of anilines is 1. The minimum atomic E-state index is -3.01. The van der Waals surface area contributed by atoms with Gasteiger partial charge in [-0.2, -0.15) is 0 Å². The number of hydrogen-bond donors (Lipinski definition) is 2. The molecule has 4 nitrogen and oxygen atoms in total. The van der Waals surface area contributed by atoms with Crippen molar-refractivity contribution in [2.24, 2.45) is 0 Å². The van der Waals surface area contributed by atoms with E-state index in [4.69, 9.17) is 0 Å². The first-order valence-corrected chi connectivity index (χ1v) is 7.63. The van der Waals surface area contributed by atoms with Crippen molar-refractivity contribution in [3.05, 3.63) is 30.1 Å². The summed E-state index contributed by atoms with van der Waals surface area (Å²) in [7, 11) is -3.01. The monoisotopic (exact) mass is 273 g/mol. The highest BCUT2D eigenvalue weighted by Crippen LogP contribution is 2.28. The summed E-state index contributed by atoms with van der Waals surface area (Å²) in [6.07, 6.45) is 0.584. The van der Waals surface area contributed by atoms with E-state index in [9.17, 15) is 17.9 Å². The van der Waals surface area contributed by atoms with Crippen LogP contribution in [-0.2, 0) is 9.84 Å². The number of sulfone groups is 1. The summed E-state index contributed by atoms with van der Waals surface area (Å²) >= 11 is 0. The summed E-state index contributed by atoms with van der Waals surface area (Å²) in [5.41, 5.74) is -0.445. The van der Waals surface area contributed by atoms with E-state index in [0.717, 1.165) is 0 Å². The van der Waals surface area contributed by atoms with Gasteiger partial charge in [-0.25, -0.2) is 12.8 Å². The van der Waals surface area contributed by atoms with Gasteiger partial charge < -0.3 is 10.4 Å². The highest BCUT2D eigenvalue weighted by molar-refractivity contribution is 7.91. The van der Waals surface area contributed by atoms with E-state index in [0.29, 0.717) is 18.5 Å². The molecule has 1 aliphatic heterocycles. The van der Waals surface area contributed by atoms with Gasteiger partial charge in [-0.15, -0.1) is 0 Å². The van der Waals surface area contributed by atoms with Crippen LogP contribution >= 0.6 is 0 Å². The van der Waals surface area contributed by atoms with E-state index < -0.39 is 21.2 Å². The predicted molar refractivity (Wildman–Crippen MR) is 67.7 cm³/mol. The minimum Gasteiger partial charge on any atom is -0.394 e. The lowest BCUT2D eigenvalue weighted by molar-refractivity contribution is 0.200. The van der Waals surface area contributed by atoms with Crippen molar-refractivity contribution >= 4 is 15.5 Å². The molecular weight excluding hydrogens is 257 g/mol. The molecule has 0 atom stereocenters. The summed E-state index contributed by atoms with van der Waals surface area (Å²) in [5.74, 6) is -0.358. The van der Waals surface area contributed by atoms with Gasteiger partial charge >= 0.3 is 0 Å².